The Hall–Kier alpha value is -3.36. The molecule has 3 aromatic carbocycles. The van der Waals surface area contributed by atoms with Crippen LogP contribution in [-0.2, 0) is 32.6 Å². The van der Waals surface area contributed by atoms with Crippen molar-refractivity contribution in [2.45, 2.75) is 64.1 Å². The van der Waals surface area contributed by atoms with Crippen LogP contribution in [0.1, 0.15) is 48.8 Å². The predicted molar refractivity (Wildman–Crippen MR) is 164 cm³/mol. The minimum absolute atomic E-state index is 0.0534. The second kappa shape index (κ2) is 14.0. The van der Waals surface area contributed by atoms with Gasteiger partial charge in [-0.3, -0.25) is 13.9 Å². The van der Waals surface area contributed by atoms with Crippen molar-refractivity contribution in [3.8, 4) is 0 Å². The Morgan fingerprint density at radius 1 is 0.927 bits per heavy atom. The fourth-order valence-electron chi connectivity index (χ4n) is 5.26. The highest BCUT2D eigenvalue weighted by Crippen LogP contribution is 2.23. The van der Waals surface area contributed by atoms with Gasteiger partial charge in [0.2, 0.25) is 21.8 Å². The number of nitrogens with one attached hydrogen (secondary N) is 1. The average molecular weight is 596 g/mol. The van der Waals surface area contributed by atoms with E-state index in [1.807, 2.05) is 43.3 Å². The molecule has 7 nitrogen and oxygen atoms in total. The number of carbonyl (C=O) groups is 2. The SMILES string of the molecule is Cc1ccc(N(CC(=O)N(Cc2cccc(Cl)c2)[C@H](Cc2ccccc2)C(=O)NC2CCCCC2)S(C)(=O)=O)cc1. The van der Waals surface area contributed by atoms with Crippen LogP contribution in [0.15, 0.2) is 78.9 Å². The van der Waals surface area contributed by atoms with Crippen LogP contribution in [0.5, 0.6) is 0 Å². The van der Waals surface area contributed by atoms with Gasteiger partial charge in [0.1, 0.15) is 12.6 Å². The quantitative estimate of drug-likeness (QED) is 0.317. The molecule has 1 saturated carbocycles. The highest BCUT2D eigenvalue weighted by atomic mass is 35.5. The molecule has 1 fully saturated rings. The number of benzene rings is 3. The van der Waals surface area contributed by atoms with E-state index in [0.29, 0.717) is 10.7 Å². The fraction of sp³-hybridized carbons (Fsp3) is 0.375. The minimum Gasteiger partial charge on any atom is -0.352 e. The molecule has 3 aromatic rings. The fourth-order valence-corrected chi connectivity index (χ4v) is 6.32. The van der Waals surface area contributed by atoms with Crippen molar-refractivity contribution in [1.29, 1.82) is 0 Å². The maximum Gasteiger partial charge on any atom is 0.244 e. The number of halogens is 1. The first kappa shape index (κ1) is 30.6. The van der Waals surface area contributed by atoms with E-state index in [-0.39, 0.29) is 24.9 Å². The molecule has 0 unspecified atom stereocenters. The zero-order chi connectivity index (χ0) is 29.4. The van der Waals surface area contributed by atoms with E-state index >= 15 is 0 Å². The summed E-state index contributed by atoms with van der Waals surface area (Å²) in [7, 11) is -3.80. The number of rotatable bonds is 11. The van der Waals surface area contributed by atoms with E-state index < -0.39 is 28.5 Å². The zero-order valence-corrected chi connectivity index (χ0v) is 25.2. The van der Waals surface area contributed by atoms with Gasteiger partial charge in [-0.1, -0.05) is 91.0 Å². The van der Waals surface area contributed by atoms with Crippen LogP contribution in [0.2, 0.25) is 5.02 Å². The molecule has 0 heterocycles. The Kier molecular flexibility index (Phi) is 10.5. The molecule has 0 saturated heterocycles. The topological polar surface area (TPSA) is 86.8 Å². The molecule has 4 rings (SSSR count). The molecule has 0 aliphatic heterocycles. The lowest BCUT2D eigenvalue weighted by Gasteiger charge is -2.35. The molecule has 0 radical (unpaired) electrons. The van der Waals surface area contributed by atoms with Crippen LogP contribution in [0.25, 0.3) is 0 Å². The van der Waals surface area contributed by atoms with Crippen LogP contribution in [0.3, 0.4) is 0 Å². The maximum atomic E-state index is 14.2. The van der Waals surface area contributed by atoms with Crippen molar-refractivity contribution in [1.82, 2.24) is 10.2 Å². The Labute approximate surface area is 248 Å². The molecule has 41 heavy (non-hydrogen) atoms. The summed E-state index contributed by atoms with van der Waals surface area (Å²) in [6.07, 6.45) is 6.44. The summed E-state index contributed by atoms with van der Waals surface area (Å²) in [5.74, 6) is -0.715. The third-order valence-corrected chi connectivity index (χ3v) is 8.84. The van der Waals surface area contributed by atoms with Crippen molar-refractivity contribution in [3.63, 3.8) is 0 Å². The predicted octanol–water partition coefficient (Wildman–Crippen LogP) is 5.50. The largest absolute Gasteiger partial charge is 0.352 e. The van der Waals surface area contributed by atoms with Crippen LogP contribution in [0.4, 0.5) is 5.69 Å². The third kappa shape index (κ3) is 8.81. The summed E-state index contributed by atoms with van der Waals surface area (Å²) in [5, 5.41) is 3.72. The minimum atomic E-state index is -3.80. The van der Waals surface area contributed by atoms with Crippen molar-refractivity contribution in [3.05, 3.63) is 101 Å². The molecule has 0 bridgehead atoms. The summed E-state index contributed by atoms with van der Waals surface area (Å²) in [4.78, 5) is 29.6. The lowest BCUT2D eigenvalue weighted by molar-refractivity contribution is -0.140. The number of amides is 2. The number of nitrogens with zero attached hydrogens (tertiary/aromatic N) is 2. The Balaban J connectivity index is 1.71. The van der Waals surface area contributed by atoms with Gasteiger partial charge in [0.15, 0.2) is 0 Å². The normalized spacial score (nSPS) is 14.7. The average Bonchev–Trinajstić information content (AvgIpc) is 2.94. The first-order valence-electron chi connectivity index (χ1n) is 14.0. The zero-order valence-electron chi connectivity index (χ0n) is 23.6. The molecule has 1 aliphatic rings. The number of hydrogen-bond acceptors (Lipinski definition) is 4. The summed E-state index contributed by atoms with van der Waals surface area (Å²) in [6, 6.07) is 22.9. The highest BCUT2D eigenvalue weighted by molar-refractivity contribution is 7.92. The third-order valence-electron chi connectivity index (χ3n) is 7.47. The second-order valence-corrected chi connectivity index (χ2v) is 13.1. The van der Waals surface area contributed by atoms with Crippen molar-refractivity contribution in [2.24, 2.45) is 0 Å². The Bertz CT molecular complexity index is 1420. The van der Waals surface area contributed by atoms with Crippen LogP contribution >= 0.6 is 11.6 Å². The maximum absolute atomic E-state index is 14.2. The smallest absolute Gasteiger partial charge is 0.244 e. The van der Waals surface area contributed by atoms with Crippen molar-refractivity contribution < 1.29 is 18.0 Å². The first-order chi connectivity index (χ1) is 19.6. The van der Waals surface area contributed by atoms with E-state index in [9.17, 15) is 18.0 Å². The standard InChI is InChI=1S/C32H38ClN3O4S/c1-24-16-18-29(19-17-24)36(41(2,39)40)23-31(37)35(22-26-12-9-13-27(33)20-26)30(21-25-10-5-3-6-11-25)32(38)34-28-14-7-4-8-15-28/h3,5-6,9-13,16-20,28,30H,4,7-8,14-15,21-23H2,1-2H3,(H,34,38)/t30-/m1/s1. The number of hydrogen-bond donors (Lipinski definition) is 1. The number of anilines is 1. The molecule has 2 amide bonds. The van der Waals surface area contributed by atoms with Gasteiger partial charge in [-0.25, -0.2) is 8.42 Å². The highest BCUT2D eigenvalue weighted by Gasteiger charge is 2.34. The Morgan fingerprint density at radius 3 is 2.22 bits per heavy atom. The monoisotopic (exact) mass is 595 g/mol. The molecule has 1 N–H and O–H groups in total. The molecule has 0 aromatic heterocycles. The lowest BCUT2D eigenvalue weighted by atomic mass is 9.94. The van der Waals surface area contributed by atoms with E-state index in [4.69, 9.17) is 11.6 Å². The molecular formula is C32H38ClN3O4S. The second-order valence-electron chi connectivity index (χ2n) is 10.8. The van der Waals surface area contributed by atoms with Gasteiger partial charge >= 0.3 is 0 Å². The summed E-state index contributed by atoms with van der Waals surface area (Å²) < 4.78 is 26.9. The van der Waals surface area contributed by atoms with Gasteiger partial charge in [0, 0.05) is 24.0 Å². The van der Waals surface area contributed by atoms with Crippen LogP contribution in [-0.4, -0.2) is 50.0 Å². The van der Waals surface area contributed by atoms with Gasteiger partial charge in [0.05, 0.1) is 11.9 Å². The molecule has 9 heteroatoms. The van der Waals surface area contributed by atoms with Gasteiger partial charge in [-0.15, -0.1) is 0 Å². The van der Waals surface area contributed by atoms with Crippen molar-refractivity contribution >= 4 is 39.1 Å². The van der Waals surface area contributed by atoms with E-state index in [2.05, 4.69) is 5.32 Å². The number of carbonyl (C=O) groups excluding carboxylic acids is 2. The van der Waals surface area contributed by atoms with E-state index in [1.54, 1.807) is 42.5 Å². The van der Waals surface area contributed by atoms with E-state index in [0.717, 1.165) is 59.4 Å². The molecule has 1 aliphatic carbocycles. The molecule has 218 valence electrons. The summed E-state index contributed by atoms with van der Waals surface area (Å²) in [6.45, 7) is 1.57. The lowest BCUT2D eigenvalue weighted by Crippen LogP contribution is -2.55. The molecule has 1 atom stereocenters. The van der Waals surface area contributed by atoms with Gasteiger partial charge in [-0.2, -0.15) is 0 Å². The first-order valence-corrected chi connectivity index (χ1v) is 16.3. The van der Waals surface area contributed by atoms with E-state index in [1.165, 1.54) is 4.90 Å². The van der Waals surface area contributed by atoms with Crippen LogP contribution in [0, 0.1) is 6.92 Å². The van der Waals surface area contributed by atoms with Gasteiger partial charge < -0.3 is 10.2 Å². The molecule has 0 spiro atoms. The van der Waals surface area contributed by atoms with Crippen molar-refractivity contribution in [2.75, 3.05) is 17.1 Å². The van der Waals surface area contributed by atoms with Crippen LogP contribution < -0.4 is 9.62 Å². The van der Waals surface area contributed by atoms with Gasteiger partial charge in [-0.05, 0) is 55.2 Å². The molecular weight excluding hydrogens is 558 g/mol. The number of sulfonamides is 1. The summed E-state index contributed by atoms with van der Waals surface area (Å²) in [5.41, 5.74) is 3.01. The Morgan fingerprint density at radius 2 is 1.59 bits per heavy atom. The van der Waals surface area contributed by atoms with Gasteiger partial charge in [0.25, 0.3) is 0 Å². The summed E-state index contributed by atoms with van der Waals surface area (Å²) >= 11 is 6.28. The number of aryl methyl sites for hydroxylation is 1.